The first-order valence-electron chi connectivity index (χ1n) is 23.1. The fraction of sp³-hybridized carbons (Fsp3) is 0.333. The molecular formula is C60H72. The SMILES string of the molecule is CCc1cc(C)c(CC)c2ccccc12.CCc1cc(C)cc2c(CC)cccc12.CCc1ccc(C)c2c(CC)cccc12.CCc1ccc(CC)c2cc(C)ccc12. The zero-order valence-corrected chi connectivity index (χ0v) is 39.2. The molecule has 60 heavy (non-hydrogen) atoms. The Hall–Kier alpha value is -5.20. The highest BCUT2D eigenvalue weighted by Gasteiger charge is 2.08. The summed E-state index contributed by atoms with van der Waals surface area (Å²) in [6, 6.07) is 44.9. The van der Waals surface area contributed by atoms with Crippen molar-refractivity contribution in [2.45, 2.75) is 134 Å². The van der Waals surface area contributed by atoms with Crippen molar-refractivity contribution in [3.63, 3.8) is 0 Å². The van der Waals surface area contributed by atoms with Gasteiger partial charge in [-0.25, -0.2) is 0 Å². The highest BCUT2D eigenvalue weighted by Crippen LogP contribution is 2.29. The summed E-state index contributed by atoms with van der Waals surface area (Å²) in [4.78, 5) is 0. The van der Waals surface area contributed by atoms with Gasteiger partial charge in [0.1, 0.15) is 0 Å². The Morgan fingerprint density at radius 2 is 0.700 bits per heavy atom. The minimum atomic E-state index is 1.11. The van der Waals surface area contributed by atoms with Crippen LogP contribution < -0.4 is 0 Å². The second-order valence-electron chi connectivity index (χ2n) is 16.5. The highest BCUT2D eigenvalue weighted by molar-refractivity contribution is 5.92. The Morgan fingerprint density at radius 1 is 0.267 bits per heavy atom. The van der Waals surface area contributed by atoms with Crippen LogP contribution in [0.3, 0.4) is 0 Å². The van der Waals surface area contributed by atoms with E-state index >= 15 is 0 Å². The molecule has 0 saturated carbocycles. The molecule has 0 unspecified atom stereocenters. The maximum atomic E-state index is 2.35. The van der Waals surface area contributed by atoms with Gasteiger partial charge in [0.25, 0.3) is 0 Å². The minimum Gasteiger partial charge on any atom is -0.0616 e. The molecule has 0 heteroatoms. The topological polar surface area (TPSA) is 0 Å². The Balaban J connectivity index is 0.000000152. The number of benzene rings is 8. The lowest BCUT2D eigenvalue weighted by atomic mass is 9.93. The third-order valence-electron chi connectivity index (χ3n) is 12.6. The molecule has 0 aromatic heterocycles. The number of hydrogen-bond acceptors (Lipinski definition) is 0. The molecule has 0 aliphatic heterocycles. The van der Waals surface area contributed by atoms with E-state index in [9.17, 15) is 0 Å². The minimum absolute atomic E-state index is 1.11. The van der Waals surface area contributed by atoms with Crippen LogP contribution in [0.5, 0.6) is 0 Å². The molecule has 0 nitrogen and oxygen atoms in total. The van der Waals surface area contributed by atoms with E-state index in [-0.39, 0.29) is 0 Å². The van der Waals surface area contributed by atoms with Gasteiger partial charge in [-0.3, -0.25) is 0 Å². The molecule has 0 aliphatic carbocycles. The smallest absolute Gasteiger partial charge is 0.0120 e. The first-order chi connectivity index (χ1) is 29.1. The molecule has 8 aromatic carbocycles. The van der Waals surface area contributed by atoms with Gasteiger partial charge >= 0.3 is 0 Å². The molecule has 8 rings (SSSR count). The average molecular weight is 793 g/mol. The zero-order chi connectivity index (χ0) is 43.3. The van der Waals surface area contributed by atoms with E-state index in [1.54, 1.807) is 0 Å². The van der Waals surface area contributed by atoms with Gasteiger partial charge in [0.15, 0.2) is 0 Å². The summed E-state index contributed by atoms with van der Waals surface area (Å²) < 4.78 is 0. The van der Waals surface area contributed by atoms with Gasteiger partial charge in [-0.2, -0.15) is 0 Å². The molecular weight excluding hydrogens is 721 g/mol. The Labute approximate surface area is 364 Å². The second-order valence-corrected chi connectivity index (χ2v) is 16.5. The predicted octanol–water partition coefficient (Wildman–Crippen LogP) is 17.1. The number of fused-ring (bicyclic) bond motifs is 4. The summed E-state index contributed by atoms with van der Waals surface area (Å²) >= 11 is 0. The van der Waals surface area contributed by atoms with Crippen molar-refractivity contribution in [1.29, 1.82) is 0 Å². The van der Waals surface area contributed by atoms with Crippen LogP contribution in [0, 0.1) is 27.7 Å². The Morgan fingerprint density at radius 3 is 1.30 bits per heavy atom. The number of rotatable bonds is 8. The maximum Gasteiger partial charge on any atom is -0.0120 e. The molecule has 0 amide bonds. The van der Waals surface area contributed by atoms with Crippen LogP contribution in [0.15, 0.2) is 121 Å². The van der Waals surface area contributed by atoms with Crippen molar-refractivity contribution >= 4 is 43.1 Å². The first-order valence-corrected chi connectivity index (χ1v) is 23.1. The maximum absolute atomic E-state index is 2.35. The predicted molar refractivity (Wildman–Crippen MR) is 270 cm³/mol. The standard InChI is InChI=1S/4C15H18/c1-4-12-7-8-13(5-2)15-10-11(3)6-9-14(12)15;1-4-12-7-6-8-14-13(5-2)9-11(3)10-15(12)14;1-4-12-10-9-11(3)15-13(5-2)7-6-8-14(12)15;1-4-12-10-11(3)13(5-2)15-9-7-6-8-14(12)15/h4*6-10H,4-5H2,1-3H3. The van der Waals surface area contributed by atoms with Crippen LogP contribution in [0.1, 0.15) is 122 Å². The molecule has 0 fully saturated rings. The van der Waals surface area contributed by atoms with Crippen molar-refractivity contribution in [1.82, 2.24) is 0 Å². The summed E-state index contributed by atoms with van der Waals surface area (Å²) in [6.07, 6.45) is 8.93. The van der Waals surface area contributed by atoms with Gasteiger partial charge in [-0.1, -0.05) is 188 Å². The summed E-state index contributed by atoms with van der Waals surface area (Å²) in [7, 11) is 0. The van der Waals surface area contributed by atoms with Gasteiger partial charge in [0, 0.05) is 0 Å². The van der Waals surface area contributed by atoms with Gasteiger partial charge in [0.2, 0.25) is 0 Å². The van der Waals surface area contributed by atoms with E-state index in [0.29, 0.717) is 0 Å². The molecule has 0 spiro atoms. The van der Waals surface area contributed by atoms with Crippen LogP contribution >= 0.6 is 0 Å². The first kappa shape index (κ1) is 45.9. The summed E-state index contributed by atoms with van der Waals surface area (Å²) in [5.41, 5.74) is 17.3. The van der Waals surface area contributed by atoms with Gasteiger partial charge < -0.3 is 0 Å². The fourth-order valence-corrected chi connectivity index (χ4v) is 9.25. The zero-order valence-electron chi connectivity index (χ0n) is 39.2. The van der Waals surface area contributed by atoms with E-state index in [1.165, 1.54) is 110 Å². The van der Waals surface area contributed by atoms with Gasteiger partial charge in [-0.15, -0.1) is 0 Å². The van der Waals surface area contributed by atoms with Crippen molar-refractivity contribution in [2.24, 2.45) is 0 Å². The molecule has 312 valence electrons. The molecule has 0 radical (unpaired) electrons. The van der Waals surface area contributed by atoms with Gasteiger partial charge in [-0.05, 0) is 178 Å². The van der Waals surface area contributed by atoms with Crippen LogP contribution in [0.2, 0.25) is 0 Å². The Bertz CT molecular complexity index is 2620. The largest absolute Gasteiger partial charge is 0.0616 e. The molecule has 0 aliphatic rings. The molecule has 8 aromatic rings. The van der Waals surface area contributed by atoms with E-state index < -0.39 is 0 Å². The van der Waals surface area contributed by atoms with E-state index in [0.717, 1.165) is 51.4 Å². The third kappa shape index (κ3) is 10.4. The van der Waals surface area contributed by atoms with E-state index in [2.05, 4.69) is 204 Å². The summed E-state index contributed by atoms with van der Waals surface area (Å²) in [5.74, 6) is 0. The van der Waals surface area contributed by atoms with Crippen molar-refractivity contribution in [3.05, 3.63) is 188 Å². The lowest BCUT2D eigenvalue weighted by molar-refractivity contribution is 1.10. The number of aryl methyl sites for hydroxylation is 12. The lowest BCUT2D eigenvalue weighted by Gasteiger charge is -2.12. The lowest BCUT2D eigenvalue weighted by Crippen LogP contribution is -1.93. The second kappa shape index (κ2) is 21.9. The van der Waals surface area contributed by atoms with Gasteiger partial charge in [0.05, 0.1) is 0 Å². The van der Waals surface area contributed by atoms with E-state index in [1.807, 2.05) is 0 Å². The van der Waals surface area contributed by atoms with Crippen molar-refractivity contribution < 1.29 is 0 Å². The van der Waals surface area contributed by atoms with Crippen LogP contribution in [-0.4, -0.2) is 0 Å². The molecule has 0 saturated heterocycles. The molecule has 0 atom stereocenters. The molecule has 0 N–H and O–H groups in total. The van der Waals surface area contributed by atoms with Crippen molar-refractivity contribution in [3.8, 4) is 0 Å². The third-order valence-corrected chi connectivity index (χ3v) is 12.6. The average Bonchev–Trinajstić information content (AvgIpc) is 3.28. The van der Waals surface area contributed by atoms with Crippen LogP contribution in [0.4, 0.5) is 0 Å². The monoisotopic (exact) mass is 793 g/mol. The normalized spacial score (nSPS) is 10.9. The van der Waals surface area contributed by atoms with Crippen LogP contribution in [0.25, 0.3) is 43.1 Å². The number of hydrogen-bond donors (Lipinski definition) is 0. The highest BCUT2D eigenvalue weighted by atomic mass is 14.1. The Kier molecular flexibility index (Phi) is 16.7. The summed E-state index contributed by atoms with van der Waals surface area (Å²) in [6.45, 7) is 26.6. The van der Waals surface area contributed by atoms with E-state index in [4.69, 9.17) is 0 Å². The molecule has 0 heterocycles. The van der Waals surface area contributed by atoms with Crippen LogP contribution in [-0.2, 0) is 51.4 Å². The fourth-order valence-electron chi connectivity index (χ4n) is 9.25. The quantitative estimate of drug-likeness (QED) is 0.144. The van der Waals surface area contributed by atoms with Crippen molar-refractivity contribution in [2.75, 3.05) is 0 Å². The summed E-state index contributed by atoms with van der Waals surface area (Å²) in [5, 5.41) is 11.5. The molecule has 0 bridgehead atoms.